The zero-order valence-corrected chi connectivity index (χ0v) is 12.1. The monoisotopic (exact) mass is 314 g/mol. The van der Waals surface area contributed by atoms with Crippen molar-refractivity contribution in [3.8, 4) is 0 Å². The van der Waals surface area contributed by atoms with E-state index < -0.39 is 17.9 Å². The number of imide groups is 1. The van der Waals surface area contributed by atoms with Crippen molar-refractivity contribution in [2.24, 2.45) is 0 Å². The number of carbonyl (C=O) groups excluding carboxylic acids is 3. The number of fused-ring (bicyclic) bond motifs is 1. The Hall–Kier alpha value is -2.96. The van der Waals surface area contributed by atoms with Gasteiger partial charge in [0.1, 0.15) is 6.04 Å². The highest BCUT2D eigenvalue weighted by Crippen LogP contribution is 2.30. The van der Waals surface area contributed by atoms with Crippen molar-refractivity contribution in [2.75, 3.05) is 0 Å². The summed E-state index contributed by atoms with van der Waals surface area (Å²) in [4.78, 5) is 47.9. The molecule has 7 heteroatoms. The number of piperidine rings is 1. The average Bonchev–Trinajstić information content (AvgIpc) is 2.83. The molecule has 0 aromatic heterocycles. The number of rotatable bonds is 3. The van der Waals surface area contributed by atoms with Crippen LogP contribution in [0, 0.1) is 0 Å². The van der Waals surface area contributed by atoms with Gasteiger partial charge in [0.2, 0.25) is 11.8 Å². The minimum absolute atomic E-state index is 0.197. The third kappa shape index (κ3) is 2.73. The summed E-state index contributed by atoms with van der Waals surface area (Å²) in [5, 5.41) is 11.0. The van der Waals surface area contributed by atoms with Gasteiger partial charge in [-0.25, -0.2) is 4.79 Å². The van der Waals surface area contributed by atoms with E-state index in [4.69, 9.17) is 5.11 Å². The second kappa shape index (κ2) is 5.68. The zero-order valence-electron chi connectivity index (χ0n) is 12.1. The van der Waals surface area contributed by atoms with Crippen LogP contribution in [0.25, 0.3) is 6.08 Å². The maximum atomic E-state index is 12.5. The fourth-order valence-electron chi connectivity index (χ4n) is 2.93. The SMILES string of the molecule is O=C(O)/C=C/c1cccc2c1CN(C1CCC(=O)NC1=O)C2=O. The number of amides is 3. The van der Waals surface area contributed by atoms with Crippen LogP contribution in [0.5, 0.6) is 0 Å². The van der Waals surface area contributed by atoms with Crippen LogP contribution in [-0.4, -0.2) is 39.7 Å². The van der Waals surface area contributed by atoms with Gasteiger partial charge in [0.15, 0.2) is 0 Å². The third-order valence-corrected chi connectivity index (χ3v) is 4.02. The van der Waals surface area contributed by atoms with Gasteiger partial charge in [-0.05, 0) is 29.7 Å². The lowest BCUT2D eigenvalue weighted by Crippen LogP contribution is -2.52. The number of hydrogen-bond acceptors (Lipinski definition) is 4. The zero-order chi connectivity index (χ0) is 16.6. The van der Waals surface area contributed by atoms with Gasteiger partial charge in [0.05, 0.1) is 0 Å². The first kappa shape index (κ1) is 15.0. The predicted octanol–water partition coefficient (Wildman–Crippen LogP) is 0.545. The Morgan fingerprint density at radius 1 is 1.30 bits per heavy atom. The van der Waals surface area contributed by atoms with Gasteiger partial charge in [-0.3, -0.25) is 19.7 Å². The largest absolute Gasteiger partial charge is 0.478 e. The molecule has 1 atom stereocenters. The van der Waals surface area contributed by atoms with Crippen LogP contribution in [0.4, 0.5) is 0 Å². The number of hydrogen-bond donors (Lipinski definition) is 2. The molecule has 0 saturated carbocycles. The molecule has 1 fully saturated rings. The lowest BCUT2D eigenvalue weighted by molar-refractivity contribution is -0.137. The number of nitrogens with zero attached hydrogens (tertiary/aromatic N) is 1. The van der Waals surface area contributed by atoms with Gasteiger partial charge in [-0.2, -0.15) is 0 Å². The van der Waals surface area contributed by atoms with E-state index in [2.05, 4.69) is 5.32 Å². The minimum Gasteiger partial charge on any atom is -0.478 e. The highest BCUT2D eigenvalue weighted by Gasteiger charge is 2.39. The molecular formula is C16H14N2O5. The van der Waals surface area contributed by atoms with Gasteiger partial charge in [0, 0.05) is 24.6 Å². The van der Waals surface area contributed by atoms with Gasteiger partial charge in [-0.1, -0.05) is 12.1 Å². The highest BCUT2D eigenvalue weighted by atomic mass is 16.4. The lowest BCUT2D eigenvalue weighted by Gasteiger charge is -2.29. The molecule has 3 rings (SSSR count). The molecule has 0 bridgehead atoms. The molecule has 0 spiro atoms. The van der Waals surface area contributed by atoms with Crippen molar-refractivity contribution in [3.05, 3.63) is 41.0 Å². The van der Waals surface area contributed by atoms with Crippen molar-refractivity contribution in [3.63, 3.8) is 0 Å². The second-order valence-corrected chi connectivity index (χ2v) is 5.44. The normalized spacial score (nSPS) is 20.8. The molecule has 23 heavy (non-hydrogen) atoms. The molecule has 2 N–H and O–H groups in total. The minimum atomic E-state index is -1.08. The summed E-state index contributed by atoms with van der Waals surface area (Å²) in [5.41, 5.74) is 1.79. The Labute approximate surface area is 131 Å². The second-order valence-electron chi connectivity index (χ2n) is 5.44. The van der Waals surface area contributed by atoms with E-state index in [1.54, 1.807) is 18.2 Å². The van der Waals surface area contributed by atoms with Crippen molar-refractivity contribution in [1.82, 2.24) is 10.2 Å². The van der Waals surface area contributed by atoms with Crippen LogP contribution in [0.1, 0.15) is 34.3 Å². The summed E-state index contributed by atoms with van der Waals surface area (Å²) < 4.78 is 0. The molecule has 0 radical (unpaired) electrons. The summed E-state index contributed by atoms with van der Waals surface area (Å²) in [6.45, 7) is 0.223. The van der Waals surface area contributed by atoms with Gasteiger partial charge < -0.3 is 10.0 Å². The van der Waals surface area contributed by atoms with E-state index in [1.807, 2.05) is 0 Å². The Morgan fingerprint density at radius 3 is 2.78 bits per heavy atom. The number of nitrogens with one attached hydrogen (secondary N) is 1. The van der Waals surface area contributed by atoms with Crippen molar-refractivity contribution in [1.29, 1.82) is 0 Å². The molecule has 2 aliphatic rings. The van der Waals surface area contributed by atoms with E-state index in [0.29, 0.717) is 23.1 Å². The average molecular weight is 314 g/mol. The Kier molecular flexibility index (Phi) is 3.69. The molecule has 3 amide bonds. The van der Waals surface area contributed by atoms with Crippen LogP contribution in [0.2, 0.25) is 0 Å². The summed E-state index contributed by atoms with van der Waals surface area (Å²) in [7, 11) is 0. The van der Waals surface area contributed by atoms with Crippen LogP contribution in [-0.2, 0) is 20.9 Å². The Balaban J connectivity index is 1.90. The molecule has 2 heterocycles. The molecule has 1 saturated heterocycles. The van der Waals surface area contributed by atoms with Crippen molar-refractivity contribution >= 4 is 29.8 Å². The smallest absolute Gasteiger partial charge is 0.328 e. The number of aliphatic carboxylic acids is 1. The summed E-state index contributed by atoms with van der Waals surface area (Å²) >= 11 is 0. The van der Waals surface area contributed by atoms with Crippen molar-refractivity contribution < 1.29 is 24.3 Å². The molecule has 118 valence electrons. The van der Waals surface area contributed by atoms with E-state index in [9.17, 15) is 19.2 Å². The predicted molar refractivity (Wildman–Crippen MR) is 79.2 cm³/mol. The Morgan fingerprint density at radius 2 is 2.09 bits per heavy atom. The molecular weight excluding hydrogens is 300 g/mol. The fourth-order valence-corrected chi connectivity index (χ4v) is 2.93. The first-order valence-electron chi connectivity index (χ1n) is 7.15. The lowest BCUT2D eigenvalue weighted by atomic mass is 10.0. The summed E-state index contributed by atoms with van der Waals surface area (Å²) in [5.74, 6) is -2.15. The van der Waals surface area contributed by atoms with Crippen LogP contribution in [0.15, 0.2) is 24.3 Å². The quantitative estimate of drug-likeness (QED) is 0.626. The van der Waals surface area contributed by atoms with Gasteiger partial charge >= 0.3 is 5.97 Å². The summed E-state index contributed by atoms with van der Waals surface area (Å²) in [6.07, 6.45) is 2.93. The number of carboxylic acids is 1. The molecule has 2 aliphatic heterocycles. The van der Waals surface area contributed by atoms with E-state index in [1.165, 1.54) is 11.0 Å². The van der Waals surface area contributed by atoms with E-state index >= 15 is 0 Å². The van der Waals surface area contributed by atoms with Crippen LogP contribution in [0.3, 0.4) is 0 Å². The topological polar surface area (TPSA) is 104 Å². The standard InChI is InChI=1S/C16H14N2O5/c19-13-6-5-12(15(22)17-13)18-8-11-9(4-7-14(20)21)2-1-3-10(11)16(18)23/h1-4,7,12H,5-6,8H2,(H,20,21)(H,17,19,22)/b7-4+. The molecule has 1 unspecified atom stereocenters. The van der Waals surface area contributed by atoms with Crippen LogP contribution < -0.4 is 5.32 Å². The summed E-state index contributed by atoms with van der Waals surface area (Å²) in [6, 6.07) is 4.37. The van der Waals surface area contributed by atoms with E-state index in [0.717, 1.165) is 6.08 Å². The molecule has 7 nitrogen and oxygen atoms in total. The number of carboxylic acid groups (broad SMARTS) is 1. The Bertz CT molecular complexity index is 753. The first-order valence-corrected chi connectivity index (χ1v) is 7.15. The number of carbonyl (C=O) groups is 4. The van der Waals surface area contributed by atoms with Gasteiger partial charge in [0.25, 0.3) is 5.91 Å². The maximum Gasteiger partial charge on any atom is 0.328 e. The fraction of sp³-hybridized carbons (Fsp3) is 0.250. The molecule has 1 aromatic rings. The molecule has 1 aromatic carbocycles. The molecule has 0 aliphatic carbocycles. The van der Waals surface area contributed by atoms with E-state index in [-0.39, 0.29) is 24.8 Å². The maximum absolute atomic E-state index is 12.5. The van der Waals surface area contributed by atoms with Crippen LogP contribution >= 0.6 is 0 Å². The number of benzene rings is 1. The third-order valence-electron chi connectivity index (χ3n) is 4.02. The van der Waals surface area contributed by atoms with Crippen molar-refractivity contribution in [2.45, 2.75) is 25.4 Å². The highest BCUT2D eigenvalue weighted by molar-refractivity contribution is 6.05. The van der Waals surface area contributed by atoms with Gasteiger partial charge in [-0.15, -0.1) is 0 Å². The first-order chi connectivity index (χ1) is 11.0.